The van der Waals surface area contributed by atoms with Crippen molar-refractivity contribution in [2.24, 2.45) is 9.98 Å². The number of hydrogen-bond acceptors (Lipinski definition) is 2. The first-order chi connectivity index (χ1) is 20.2. The van der Waals surface area contributed by atoms with Crippen LogP contribution < -0.4 is 0 Å². The maximum absolute atomic E-state index is 9.26. The minimum absolute atomic E-state index is 0.130. The van der Waals surface area contributed by atoms with Gasteiger partial charge in [0.05, 0.1) is 0 Å². The maximum atomic E-state index is 9.26. The van der Waals surface area contributed by atoms with E-state index in [0.29, 0.717) is 11.4 Å². The van der Waals surface area contributed by atoms with E-state index in [1.54, 1.807) is 0 Å². The predicted octanol–water partition coefficient (Wildman–Crippen LogP) is 9.30. The molecular formula is C37H25N3O. The minimum Gasteiger partial charge on any atom is -0.456 e. The summed E-state index contributed by atoms with van der Waals surface area (Å²) in [5.74, 6) is 0.602. The van der Waals surface area contributed by atoms with Crippen LogP contribution in [0, 0.1) is 5.41 Å². The maximum Gasteiger partial charge on any atom is 0.161 e. The SMILES string of the molecule is N=C(N=C(N=Cc1cccc2ccccc12)c1ccccc1)c1cc2c(cc1-c1ccccc1)oc1ccccc12. The van der Waals surface area contributed by atoms with Gasteiger partial charge < -0.3 is 4.42 Å². The lowest BCUT2D eigenvalue weighted by Crippen LogP contribution is -2.06. The number of para-hydroxylation sites is 1. The molecule has 6 aromatic carbocycles. The van der Waals surface area contributed by atoms with Gasteiger partial charge in [-0.2, -0.15) is 0 Å². The third kappa shape index (κ3) is 4.72. The molecule has 1 N–H and O–H groups in total. The molecule has 0 spiro atoms. The summed E-state index contributed by atoms with van der Waals surface area (Å²) in [6, 6.07) is 46.3. The van der Waals surface area contributed by atoms with Crippen LogP contribution in [0.2, 0.25) is 0 Å². The van der Waals surface area contributed by atoms with E-state index in [4.69, 9.17) is 14.4 Å². The minimum atomic E-state index is 0.130. The van der Waals surface area contributed by atoms with Crippen molar-refractivity contribution in [3.05, 3.63) is 156 Å². The molecule has 7 rings (SSSR count). The highest BCUT2D eigenvalue weighted by atomic mass is 16.3. The van der Waals surface area contributed by atoms with Gasteiger partial charge in [0.25, 0.3) is 0 Å². The van der Waals surface area contributed by atoms with Crippen LogP contribution in [0.1, 0.15) is 16.7 Å². The van der Waals surface area contributed by atoms with Crippen molar-refractivity contribution in [1.29, 1.82) is 5.41 Å². The fourth-order valence-electron chi connectivity index (χ4n) is 5.24. The molecule has 0 saturated carbocycles. The Hall–Kier alpha value is -5.61. The second-order valence-electron chi connectivity index (χ2n) is 9.83. The summed E-state index contributed by atoms with van der Waals surface area (Å²) < 4.78 is 6.19. The molecule has 194 valence electrons. The summed E-state index contributed by atoms with van der Waals surface area (Å²) in [6.07, 6.45) is 1.84. The van der Waals surface area contributed by atoms with E-state index >= 15 is 0 Å². The molecule has 0 fully saturated rings. The first-order valence-electron chi connectivity index (χ1n) is 13.5. The van der Waals surface area contributed by atoms with Gasteiger partial charge in [0.1, 0.15) is 11.2 Å². The van der Waals surface area contributed by atoms with Crippen molar-refractivity contribution in [3.8, 4) is 11.1 Å². The van der Waals surface area contributed by atoms with Gasteiger partial charge in [-0.05, 0) is 40.1 Å². The van der Waals surface area contributed by atoms with Crippen molar-refractivity contribution < 1.29 is 4.42 Å². The Labute approximate surface area is 237 Å². The summed E-state index contributed by atoms with van der Waals surface area (Å²) in [5, 5.41) is 13.5. The number of fused-ring (bicyclic) bond motifs is 4. The molecule has 0 saturated heterocycles. The molecule has 41 heavy (non-hydrogen) atoms. The monoisotopic (exact) mass is 527 g/mol. The van der Waals surface area contributed by atoms with Crippen LogP contribution in [-0.4, -0.2) is 17.9 Å². The standard InChI is InChI=1S/C37H25N3O/c38-36(33-22-32-30-20-9-10-21-34(30)41-35(32)23-31(33)26-12-3-1-4-13-26)40-37(27-15-5-2-6-16-27)39-24-28-18-11-17-25-14-7-8-19-29(25)28/h1-24,38H. The van der Waals surface area contributed by atoms with E-state index < -0.39 is 0 Å². The van der Waals surface area contributed by atoms with Crippen molar-refractivity contribution >= 4 is 50.6 Å². The average molecular weight is 528 g/mol. The van der Waals surface area contributed by atoms with Crippen molar-refractivity contribution in [2.45, 2.75) is 0 Å². The number of aliphatic imine (C=N–C) groups is 2. The summed E-state index contributed by atoms with van der Waals surface area (Å²) >= 11 is 0. The fraction of sp³-hybridized carbons (Fsp3) is 0. The van der Waals surface area contributed by atoms with Crippen molar-refractivity contribution in [2.75, 3.05) is 0 Å². The lowest BCUT2D eigenvalue weighted by atomic mass is 9.96. The number of nitrogens with one attached hydrogen (secondary N) is 1. The molecule has 0 unspecified atom stereocenters. The number of furan rings is 1. The molecule has 1 heterocycles. The average Bonchev–Trinajstić information content (AvgIpc) is 3.41. The van der Waals surface area contributed by atoms with Crippen LogP contribution in [-0.2, 0) is 0 Å². The molecule has 7 aromatic rings. The van der Waals surface area contributed by atoms with Gasteiger partial charge in [-0.3, -0.25) is 5.41 Å². The highest BCUT2D eigenvalue weighted by molar-refractivity contribution is 6.18. The molecule has 0 bridgehead atoms. The molecular weight excluding hydrogens is 502 g/mol. The topological polar surface area (TPSA) is 61.7 Å². The quantitative estimate of drug-likeness (QED) is 0.180. The van der Waals surface area contributed by atoms with E-state index in [1.165, 1.54) is 0 Å². The van der Waals surface area contributed by atoms with Gasteiger partial charge >= 0.3 is 0 Å². The molecule has 0 aliphatic heterocycles. The van der Waals surface area contributed by atoms with Crippen LogP contribution in [0.25, 0.3) is 43.8 Å². The van der Waals surface area contributed by atoms with Crippen molar-refractivity contribution in [1.82, 2.24) is 0 Å². The van der Waals surface area contributed by atoms with Crippen LogP contribution in [0.5, 0.6) is 0 Å². The van der Waals surface area contributed by atoms with Crippen LogP contribution in [0.3, 0.4) is 0 Å². The Balaban J connectivity index is 1.39. The zero-order valence-electron chi connectivity index (χ0n) is 22.2. The summed E-state index contributed by atoms with van der Waals surface area (Å²) in [5.41, 5.74) is 6.02. The van der Waals surface area contributed by atoms with E-state index in [0.717, 1.165) is 55.0 Å². The molecule has 0 amide bonds. The van der Waals surface area contributed by atoms with Gasteiger partial charge in [-0.15, -0.1) is 0 Å². The molecule has 4 nitrogen and oxygen atoms in total. The molecule has 1 aromatic heterocycles. The molecule has 0 atom stereocenters. The highest BCUT2D eigenvalue weighted by Crippen LogP contribution is 2.35. The van der Waals surface area contributed by atoms with Crippen LogP contribution in [0.15, 0.2) is 154 Å². The largest absolute Gasteiger partial charge is 0.456 e. The van der Waals surface area contributed by atoms with Gasteiger partial charge in [0, 0.05) is 33.7 Å². The number of benzene rings is 6. The van der Waals surface area contributed by atoms with Gasteiger partial charge in [-0.1, -0.05) is 121 Å². The third-order valence-electron chi connectivity index (χ3n) is 7.26. The lowest BCUT2D eigenvalue weighted by Gasteiger charge is -2.10. The van der Waals surface area contributed by atoms with Gasteiger partial charge in [0.2, 0.25) is 0 Å². The van der Waals surface area contributed by atoms with Gasteiger partial charge in [-0.25, -0.2) is 9.98 Å². The Morgan fingerprint density at radius 2 is 1.29 bits per heavy atom. The molecule has 4 heteroatoms. The summed E-state index contributed by atoms with van der Waals surface area (Å²) in [4.78, 5) is 9.69. The number of amidine groups is 2. The number of rotatable bonds is 4. The van der Waals surface area contributed by atoms with Gasteiger partial charge in [0.15, 0.2) is 11.7 Å². The van der Waals surface area contributed by atoms with E-state index in [9.17, 15) is 5.41 Å². The van der Waals surface area contributed by atoms with Crippen LogP contribution >= 0.6 is 0 Å². The first kappa shape index (κ1) is 24.4. The Bertz CT molecular complexity index is 2100. The molecule has 0 radical (unpaired) electrons. The smallest absolute Gasteiger partial charge is 0.161 e. The summed E-state index contributed by atoms with van der Waals surface area (Å²) in [6.45, 7) is 0. The zero-order valence-corrected chi connectivity index (χ0v) is 22.2. The lowest BCUT2D eigenvalue weighted by molar-refractivity contribution is 0.669. The third-order valence-corrected chi connectivity index (χ3v) is 7.26. The van der Waals surface area contributed by atoms with E-state index in [2.05, 4.69) is 18.2 Å². The second kappa shape index (κ2) is 10.5. The predicted molar refractivity (Wildman–Crippen MR) is 171 cm³/mol. The van der Waals surface area contributed by atoms with E-state index in [-0.39, 0.29) is 5.84 Å². The zero-order chi connectivity index (χ0) is 27.6. The molecule has 0 aliphatic carbocycles. The molecule has 0 aliphatic rings. The normalized spacial score (nSPS) is 12.0. The number of nitrogens with zero attached hydrogens (tertiary/aromatic N) is 2. The Morgan fingerprint density at radius 1 is 0.610 bits per heavy atom. The fourth-order valence-corrected chi connectivity index (χ4v) is 5.24. The Morgan fingerprint density at radius 3 is 2.12 bits per heavy atom. The number of hydrogen-bond donors (Lipinski definition) is 1. The highest BCUT2D eigenvalue weighted by Gasteiger charge is 2.16. The van der Waals surface area contributed by atoms with E-state index in [1.807, 2.05) is 128 Å². The Kier molecular flexibility index (Phi) is 6.26. The first-order valence-corrected chi connectivity index (χ1v) is 13.5. The van der Waals surface area contributed by atoms with Crippen LogP contribution in [0.4, 0.5) is 0 Å². The second-order valence-corrected chi connectivity index (χ2v) is 9.83. The van der Waals surface area contributed by atoms with Crippen molar-refractivity contribution in [3.63, 3.8) is 0 Å². The summed E-state index contributed by atoms with van der Waals surface area (Å²) in [7, 11) is 0.